The number of hydrogen-bond donors (Lipinski definition) is 2. The summed E-state index contributed by atoms with van der Waals surface area (Å²) in [5.41, 5.74) is 6.61. The van der Waals surface area contributed by atoms with E-state index >= 15 is 0 Å². The van der Waals surface area contributed by atoms with Gasteiger partial charge in [-0.1, -0.05) is 6.07 Å². The highest BCUT2D eigenvalue weighted by Gasteiger charge is 2.28. The zero-order valence-corrected chi connectivity index (χ0v) is 7.64. The number of nitrogens with two attached hydrogens (primary N) is 1. The van der Waals surface area contributed by atoms with E-state index in [9.17, 15) is 8.78 Å². The SMILES string of the molecule is CC(F)(F)c1c[nH]c2cccc(N)c12. The largest absolute Gasteiger partial charge is 0.398 e. The van der Waals surface area contributed by atoms with E-state index < -0.39 is 5.92 Å². The molecule has 2 aromatic rings. The highest BCUT2D eigenvalue weighted by Crippen LogP contribution is 2.35. The number of alkyl halides is 2. The Labute approximate surface area is 79.7 Å². The van der Waals surface area contributed by atoms with E-state index in [1.807, 2.05) is 0 Å². The van der Waals surface area contributed by atoms with Crippen molar-refractivity contribution in [1.29, 1.82) is 0 Å². The van der Waals surface area contributed by atoms with Gasteiger partial charge >= 0.3 is 0 Å². The molecule has 0 radical (unpaired) electrons. The number of fused-ring (bicyclic) bond motifs is 1. The summed E-state index contributed by atoms with van der Waals surface area (Å²) in [7, 11) is 0. The summed E-state index contributed by atoms with van der Waals surface area (Å²) in [6.07, 6.45) is 1.31. The maximum absolute atomic E-state index is 13.1. The van der Waals surface area contributed by atoms with Crippen molar-refractivity contribution in [2.45, 2.75) is 12.8 Å². The molecule has 0 aliphatic heterocycles. The average molecular weight is 196 g/mol. The first-order chi connectivity index (χ1) is 6.50. The molecule has 0 atom stereocenters. The van der Waals surface area contributed by atoms with Gasteiger partial charge in [-0.25, -0.2) is 8.78 Å². The van der Waals surface area contributed by atoms with Gasteiger partial charge in [-0.15, -0.1) is 0 Å². The molecule has 0 unspecified atom stereocenters. The predicted octanol–water partition coefficient (Wildman–Crippen LogP) is 2.86. The Balaban J connectivity index is 2.80. The number of nitrogen functional groups attached to an aromatic ring is 1. The van der Waals surface area contributed by atoms with Gasteiger partial charge in [0.25, 0.3) is 5.92 Å². The lowest BCUT2D eigenvalue weighted by molar-refractivity contribution is 0.0191. The molecule has 1 aromatic heterocycles. The lowest BCUT2D eigenvalue weighted by atomic mass is 10.1. The fraction of sp³-hybridized carbons (Fsp3) is 0.200. The van der Waals surface area contributed by atoms with Gasteiger partial charge in [0.2, 0.25) is 0 Å². The van der Waals surface area contributed by atoms with Crippen LogP contribution < -0.4 is 5.73 Å². The second-order valence-electron chi connectivity index (χ2n) is 3.36. The molecule has 0 aliphatic rings. The van der Waals surface area contributed by atoms with Crippen LogP contribution in [0.2, 0.25) is 0 Å². The zero-order valence-electron chi connectivity index (χ0n) is 7.64. The topological polar surface area (TPSA) is 41.8 Å². The fourth-order valence-corrected chi connectivity index (χ4v) is 1.56. The number of aromatic amines is 1. The first-order valence-corrected chi connectivity index (χ1v) is 4.24. The quantitative estimate of drug-likeness (QED) is 0.676. The predicted molar refractivity (Wildman–Crippen MR) is 52.3 cm³/mol. The molecular formula is C10H10F2N2. The molecular weight excluding hydrogens is 186 g/mol. The number of rotatable bonds is 1. The van der Waals surface area contributed by atoms with Gasteiger partial charge in [-0.3, -0.25) is 0 Å². The molecule has 0 amide bonds. The normalized spacial score (nSPS) is 12.2. The summed E-state index contributed by atoms with van der Waals surface area (Å²) >= 11 is 0. The van der Waals surface area contributed by atoms with Crippen molar-refractivity contribution in [3.63, 3.8) is 0 Å². The van der Waals surface area contributed by atoms with E-state index in [-0.39, 0.29) is 5.56 Å². The van der Waals surface area contributed by atoms with Crippen LogP contribution in [-0.4, -0.2) is 4.98 Å². The van der Waals surface area contributed by atoms with Crippen molar-refractivity contribution in [1.82, 2.24) is 4.98 Å². The van der Waals surface area contributed by atoms with Gasteiger partial charge < -0.3 is 10.7 Å². The molecule has 0 spiro atoms. The van der Waals surface area contributed by atoms with Crippen molar-refractivity contribution in [2.75, 3.05) is 5.73 Å². The summed E-state index contributed by atoms with van der Waals surface area (Å²) in [6, 6.07) is 5.07. The molecule has 4 heteroatoms. The molecule has 1 aromatic carbocycles. The van der Waals surface area contributed by atoms with Gasteiger partial charge in [-0.2, -0.15) is 0 Å². The summed E-state index contributed by atoms with van der Waals surface area (Å²) in [5, 5.41) is 0.417. The van der Waals surface area contributed by atoms with Crippen LogP contribution in [0.5, 0.6) is 0 Å². The Hall–Kier alpha value is -1.58. The van der Waals surface area contributed by atoms with Crippen LogP contribution in [-0.2, 0) is 5.92 Å². The smallest absolute Gasteiger partial charge is 0.272 e. The van der Waals surface area contributed by atoms with Crippen LogP contribution in [0.4, 0.5) is 14.5 Å². The van der Waals surface area contributed by atoms with Crippen LogP contribution in [0.15, 0.2) is 24.4 Å². The van der Waals surface area contributed by atoms with E-state index in [0.29, 0.717) is 16.6 Å². The molecule has 0 saturated heterocycles. The molecule has 2 nitrogen and oxygen atoms in total. The van der Waals surface area contributed by atoms with E-state index in [2.05, 4.69) is 4.98 Å². The maximum atomic E-state index is 13.1. The summed E-state index contributed by atoms with van der Waals surface area (Å²) in [6.45, 7) is 0.863. The van der Waals surface area contributed by atoms with E-state index in [1.54, 1.807) is 18.2 Å². The molecule has 1 heterocycles. The number of benzene rings is 1. The Bertz CT molecular complexity index is 468. The van der Waals surface area contributed by atoms with Crippen molar-refractivity contribution in [2.24, 2.45) is 0 Å². The van der Waals surface area contributed by atoms with E-state index in [0.717, 1.165) is 6.92 Å². The summed E-state index contributed by atoms with van der Waals surface area (Å²) in [5.74, 6) is -2.87. The second kappa shape index (κ2) is 2.70. The third-order valence-electron chi connectivity index (χ3n) is 2.21. The van der Waals surface area contributed by atoms with Crippen molar-refractivity contribution < 1.29 is 8.78 Å². The number of halogens is 2. The first-order valence-electron chi connectivity index (χ1n) is 4.24. The molecule has 3 N–H and O–H groups in total. The molecule has 14 heavy (non-hydrogen) atoms. The number of anilines is 1. The lowest BCUT2D eigenvalue weighted by Crippen LogP contribution is -2.06. The maximum Gasteiger partial charge on any atom is 0.272 e. The molecule has 0 fully saturated rings. The van der Waals surface area contributed by atoms with Gasteiger partial charge in [0.15, 0.2) is 0 Å². The minimum absolute atomic E-state index is 0.0504. The highest BCUT2D eigenvalue weighted by atomic mass is 19.3. The molecule has 74 valence electrons. The van der Waals surface area contributed by atoms with Crippen molar-refractivity contribution in [3.05, 3.63) is 30.0 Å². The lowest BCUT2D eigenvalue weighted by Gasteiger charge is -2.09. The number of H-pyrrole nitrogens is 1. The van der Waals surface area contributed by atoms with Crippen molar-refractivity contribution in [3.8, 4) is 0 Å². The average Bonchev–Trinajstić information content (AvgIpc) is 2.47. The van der Waals surface area contributed by atoms with Gasteiger partial charge in [0.1, 0.15) is 0 Å². The zero-order chi connectivity index (χ0) is 10.3. The van der Waals surface area contributed by atoms with E-state index in [4.69, 9.17) is 5.73 Å². The van der Waals surface area contributed by atoms with Gasteiger partial charge in [-0.05, 0) is 12.1 Å². The Kier molecular flexibility index (Phi) is 1.74. The first kappa shape index (κ1) is 8.99. The monoisotopic (exact) mass is 196 g/mol. The Morgan fingerprint density at radius 1 is 1.36 bits per heavy atom. The molecule has 0 saturated carbocycles. The van der Waals surface area contributed by atoms with Crippen LogP contribution in [0.3, 0.4) is 0 Å². The highest BCUT2D eigenvalue weighted by molar-refractivity contribution is 5.94. The third-order valence-corrected chi connectivity index (χ3v) is 2.21. The van der Waals surface area contributed by atoms with Gasteiger partial charge in [0.05, 0.1) is 0 Å². The van der Waals surface area contributed by atoms with Crippen molar-refractivity contribution >= 4 is 16.6 Å². The summed E-state index contributed by atoms with van der Waals surface area (Å²) in [4.78, 5) is 2.78. The molecule has 0 aliphatic carbocycles. The standard InChI is InChI=1S/C10H10F2N2/c1-10(11,12)6-5-14-8-4-2-3-7(13)9(6)8/h2-5,14H,13H2,1H3. The Morgan fingerprint density at radius 2 is 2.07 bits per heavy atom. The minimum Gasteiger partial charge on any atom is -0.398 e. The van der Waals surface area contributed by atoms with Crippen LogP contribution in [0.1, 0.15) is 12.5 Å². The fourth-order valence-electron chi connectivity index (χ4n) is 1.56. The third kappa shape index (κ3) is 1.23. The number of nitrogens with one attached hydrogen (secondary N) is 1. The number of aromatic nitrogens is 1. The van der Waals surface area contributed by atoms with Crippen LogP contribution in [0, 0.1) is 0 Å². The Morgan fingerprint density at radius 3 is 2.71 bits per heavy atom. The number of hydrogen-bond acceptors (Lipinski definition) is 1. The van der Waals surface area contributed by atoms with Crippen LogP contribution >= 0.6 is 0 Å². The van der Waals surface area contributed by atoms with Gasteiger partial charge in [0, 0.05) is 35.3 Å². The van der Waals surface area contributed by atoms with E-state index in [1.165, 1.54) is 6.20 Å². The molecule has 0 bridgehead atoms. The minimum atomic E-state index is -2.87. The second-order valence-corrected chi connectivity index (χ2v) is 3.36. The van der Waals surface area contributed by atoms with Crippen LogP contribution in [0.25, 0.3) is 10.9 Å². The molecule has 2 rings (SSSR count). The summed E-state index contributed by atoms with van der Waals surface area (Å²) < 4.78 is 26.2.